The van der Waals surface area contributed by atoms with Crippen LogP contribution in [-0.4, -0.2) is 40.2 Å². The molecule has 2 N–H and O–H groups in total. The second kappa shape index (κ2) is 6.59. The molecule has 11 heteroatoms. The summed E-state index contributed by atoms with van der Waals surface area (Å²) in [6.07, 6.45) is 2.71. The van der Waals surface area contributed by atoms with E-state index in [-0.39, 0.29) is 35.1 Å². The fraction of sp³-hybridized carbons (Fsp3) is 0.278. The number of fused-ring (bicyclic) bond motifs is 1. The molecule has 0 unspecified atom stereocenters. The molecule has 3 aromatic rings. The molecule has 0 saturated heterocycles. The highest BCUT2D eigenvalue weighted by Gasteiger charge is 2.37. The predicted octanol–water partition coefficient (Wildman–Crippen LogP) is 1.84. The van der Waals surface area contributed by atoms with Crippen LogP contribution in [0.15, 0.2) is 23.3 Å². The third-order valence-electron chi connectivity index (χ3n) is 4.70. The van der Waals surface area contributed by atoms with E-state index >= 15 is 0 Å². The summed E-state index contributed by atoms with van der Waals surface area (Å²) in [4.78, 5) is 38.6. The summed E-state index contributed by atoms with van der Waals surface area (Å²) in [6, 6.07) is 0.762. The molecular weight excluding hydrogens is 400 g/mol. The van der Waals surface area contributed by atoms with E-state index in [2.05, 4.69) is 15.0 Å². The molecule has 10 nitrogen and oxygen atoms in total. The third-order valence-corrected chi connectivity index (χ3v) is 4.91. The summed E-state index contributed by atoms with van der Waals surface area (Å²) in [5, 5.41) is 19.8. The number of aromatic hydroxyl groups is 2. The van der Waals surface area contributed by atoms with Crippen LogP contribution >= 0.6 is 11.6 Å². The molecule has 0 atom stereocenters. The van der Waals surface area contributed by atoms with Crippen molar-refractivity contribution in [1.29, 1.82) is 0 Å². The number of anilines is 1. The molecule has 0 spiro atoms. The molecule has 4 rings (SSSR count). The highest BCUT2D eigenvalue weighted by atomic mass is 35.5. The first kappa shape index (κ1) is 18.9. The number of hydrogen-bond donors (Lipinski definition) is 2. The lowest BCUT2D eigenvalue weighted by atomic mass is 10.2. The van der Waals surface area contributed by atoms with E-state index in [4.69, 9.17) is 11.6 Å². The number of pyridine rings is 1. The van der Waals surface area contributed by atoms with E-state index in [0.717, 1.165) is 0 Å². The predicted molar refractivity (Wildman–Crippen MR) is 104 cm³/mol. The Morgan fingerprint density at radius 3 is 2.59 bits per heavy atom. The Morgan fingerprint density at radius 1 is 1.21 bits per heavy atom. The Kier molecular flexibility index (Phi) is 4.30. The number of rotatable bonds is 3. The Labute approximate surface area is 169 Å². The minimum atomic E-state index is -0.569. The first-order chi connectivity index (χ1) is 13.7. The number of halogens is 1. The molecule has 0 saturated carbocycles. The summed E-state index contributed by atoms with van der Waals surface area (Å²) in [7, 11) is 1.56. The molecule has 1 aliphatic rings. The molecule has 0 radical (unpaired) electrons. The van der Waals surface area contributed by atoms with Gasteiger partial charge in [-0.2, -0.15) is 4.98 Å². The Morgan fingerprint density at radius 2 is 1.93 bits per heavy atom. The summed E-state index contributed by atoms with van der Waals surface area (Å²) in [5.74, 6) is -0.593. The van der Waals surface area contributed by atoms with Crippen molar-refractivity contribution in [2.24, 2.45) is 7.05 Å². The van der Waals surface area contributed by atoms with Gasteiger partial charge in [0.25, 0.3) is 11.5 Å². The lowest BCUT2D eigenvalue weighted by Gasteiger charge is -2.19. The minimum Gasteiger partial charge on any atom is -0.493 e. The summed E-state index contributed by atoms with van der Waals surface area (Å²) in [5.41, 5.74) is 0.756. The van der Waals surface area contributed by atoms with E-state index in [9.17, 15) is 19.8 Å². The van der Waals surface area contributed by atoms with E-state index in [1.54, 1.807) is 11.6 Å². The number of hydrogen-bond acceptors (Lipinski definition) is 7. The highest BCUT2D eigenvalue weighted by Crippen LogP contribution is 2.36. The zero-order valence-electron chi connectivity index (χ0n) is 15.8. The third kappa shape index (κ3) is 2.92. The van der Waals surface area contributed by atoms with Gasteiger partial charge >= 0.3 is 6.01 Å². The van der Waals surface area contributed by atoms with Crippen molar-refractivity contribution in [2.75, 3.05) is 4.90 Å². The van der Waals surface area contributed by atoms with Crippen molar-refractivity contribution in [2.45, 2.75) is 26.4 Å². The van der Waals surface area contributed by atoms with E-state index in [0.29, 0.717) is 16.5 Å². The Hall–Kier alpha value is -3.40. The molecule has 3 aromatic heterocycles. The Balaban J connectivity index is 1.85. The quantitative estimate of drug-likeness (QED) is 0.667. The van der Waals surface area contributed by atoms with Gasteiger partial charge in [-0.25, -0.2) is 9.97 Å². The van der Waals surface area contributed by atoms with Crippen molar-refractivity contribution in [3.63, 3.8) is 0 Å². The monoisotopic (exact) mass is 416 g/mol. The average molecular weight is 417 g/mol. The van der Waals surface area contributed by atoms with Crippen molar-refractivity contribution < 1.29 is 15.0 Å². The van der Waals surface area contributed by atoms with Crippen LogP contribution in [0.3, 0.4) is 0 Å². The average Bonchev–Trinajstić information content (AvgIpc) is 3.15. The maximum absolute atomic E-state index is 13.1. The molecule has 0 bridgehead atoms. The van der Waals surface area contributed by atoms with Gasteiger partial charge in [-0.1, -0.05) is 11.6 Å². The molecule has 0 aromatic carbocycles. The number of imidazole rings is 1. The van der Waals surface area contributed by atoms with Crippen LogP contribution in [0, 0.1) is 0 Å². The van der Waals surface area contributed by atoms with Crippen molar-refractivity contribution in [1.82, 2.24) is 24.1 Å². The number of aryl methyl sites for hydroxylation is 1. The summed E-state index contributed by atoms with van der Waals surface area (Å²) in [6.45, 7) is 3.92. The zero-order chi connectivity index (χ0) is 21.0. The van der Waals surface area contributed by atoms with Gasteiger partial charge in [-0.3, -0.25) is 14.5 Å². The molecule has 1 aliphatic heterocycles. The molecule has 1 amide bonds. The van der Waals surface area contributed by atoms with Gasteiger partial charge in [0.05, 0.1) is 22.8 Å². The van der Waals surface area contributed by atoms with E-state index in [1.807, 2.05) is 13.8 Å². The molecule has 0 fully saturated rings. The van der Waals surface area contributed by atoms with Gasteiger partial charge in [0.1, 0.15) is 11.5 Å². The highest BCUT2D eigenvalue weighted by molar-refractivity contribution is 6.30. The van der Waals surface area contributed by atoms with Gasteiger partial charge in [-0.05, 0) is 19.9 Å². The van der Waals surface area contributed by atoms with Crippen molar-refractivity contribution >= 4 is 23.2 Å². The first-order valence-corrected chi connectivity index (χ1v) is 9.11. The Bertz CT molecular complexity index is 1220. The van der Waals surface area contributed by atoms with Gasteiger partial charge in [-0.15, -0.1) is 0 Å². The second-order valence-corrected chi connectivity index (χ2v) is 7.39. The maximum atomic E-state index is 13.1. The largest absolute Gasteiger partial charge is 0.493 e. The van der Waals surface area contributed by atoms with E-state index < -0.39 is 17.8 Å². The number of carbonyl (C=O) groups excluding carboxylic acids is 1. The number of carbonyl (C=O) groups is 1. The van der Waals surface area contributed by atoms with Crippen molar-refractivity contribution in [3.05, 3.63) is 45.2 Å². The normalized spacial score (nSPS) is 13.4. The lowest BCUT2D eigenvalue weighted by Crippen LogP contribution is -2.32. The lowest BCUT2D eigenvalue weighted by molar-refractivity contribution is 0.0992. The topological polar surface area (TPSA) is 126 Å². The second-order valence-electron chi connectivity index (χ2n) is 6.95. The molecule has 29 heavy (non-hydrogen) atoms. The van der Waals surface area contributed by atoms with Gasteiger partial charge in [0.2, 0.25) is 5.88 Å². The summed E-state index contributed by atoms with van der Waals surface area (Å²) >= 11 is 6.07. The first-order valence-electron chi connectivity index (χ1n) is 8.73. The van der Waals surface area contributed by atoms with Gasteiger partial charge < -0.3 is 19.3 Å². The van der Waals surface area contributed by atoms with Gasteiger partial charge in [0.15, 0.2) is 5.69 Å². The van der Waals surface area contributed by atoms with Gasteiger partial charge in [0, 0.05) is 25.5 Å². The fourth-order valence-electron chi connectivity index (χ4n) is 3.45. The molecule has 150 valence electrons. The van der Waals surface area contributed by atoms with Crippen molar-refractivity contribution in [3.8, 4) is 23.3 Å². The molecular formula is C18H17ClN6O4. The van der Waals surface area contributed by atoms with Crippen LogP contribution in [0.2, 0.25) is 5.02 Å². The van der Waals surface area contributed by atoms with Crippen LogP contribution in [0.5, 0.6) is 11.9 Å². The summed E-state index contributed by atoms with van der Waals surface area (Å²) < 4.78 is 3.09. The zero-order valence-corrected chi connectivity index (χ0v) is 16.5. The maximum Gasteiger partial charge on any atom is 0.317 e. The molecule has 4 heterocycles. The number of aromatic nitrogens is 5. The van der Waals surface area contributed by atoms with Crippen LogP contribution < -0.4 is 10.5 Å². The van der Waals surface area contributed by atoms with E-state index in [1.165, 1.54) is 27.9 Å². The van der Waals surface area contributed by atoms with Crippen LogP contribution in [0.25, 0.3) is 11.4 Å². The van der Waals surface area contributed by atoms with Crippen LogP contribution in [0.4, 0.5) is 5.69 Å². The minimum absolute atomic E-state index is 0.120. The fourth-order valence-corrected chi connectivity index (χ4v) is 3.70. The molecule has 0 aliphatic carbocycles. The van der Waals surface area contributed by atoms with Crippen LogP contribution in [-0.2, 0) is 13.6 Å². The number of nitrogens with zero attached hydrogens (tertiary/aromatic N) is 6. The number of amides is 1. The standard InChI is InChI=1S/C18H17ClN6O4/c1-8(2)25-12-7-24(11-4-9(19)6-23(3)16(11)27)17(28)13(12)21-14(25)10-5-20-18(29)22-15(10)26/h4-6,8H,7H2,1-3H3,(H2,20,22,26,29). The smallest absolute Gasteiger partial charge is 0.317 e. The SMILES string of the molecule is CC(C)n1c(-c2cnc(O)nc2O)nc2c1CN(c1cc(Cl)cn(C)c1=O)C2=O. The van der Waals surface area contributed by atoms with Crippen LogP contribution in [0.1, 0.15) is 36.1 Å².